The van der Waals surface area contributed by atoms with Gasteiger partial charge in [0, 0.05) is 5.56 Å². The minimum Gasteiger partial charge on any atom is -0.386 e. The topological polar surface area (TPSA) is 90.4 Å². The number of aliphatic hydroxyl groups excluding tert-OH is 1. The average Bonchev–Trinajstić information content (AvgIpc) is 2.66. The van der Waals surface area contributed by atoms with Crippen molar-refractivity contribution in [1.82, 2.24) is 10.3 Å². The second-order valence-electron chi connectivity index (χ2n) is 5.25. The number of hydrogen-bond donors (Lipinski definition) is 2. The maximum absolute atomic E-state index is 13.1. The monoisotopic (exact) mass is 338 g/mol. The van der Waals surface area contributed by atoms with Gasteiger partial charge < -0.3 is 15.3 Å². The molecule has 1 aromatic heterocycles. The van der Waals surface area contributed by atoms with Crippen molar-refractivity contribution in [1.29, 1.82) is 5.26 Å². The highest BCUT2D eigenvalue weighted by Crippen LogP contribution is 2.24. The van der Waals surface area contributed by atoms with Crippen molar-refractivity contribution in [3.63, 3.8) is 0 Å². The molecule has 7 heteroatoms. The van der Waals surface area contributed by atoms with Crippen molar-refractivity contribution in [3.05, 3.63) is 59.6 Å². The van der Waals surface area contributed by atoms with E-state index in [1.807, 2.05) is 0 Å². The Morgan fingerprint density at radius 2 is 2.00 bits per heavy atom. The molecule has 0 aliphatic carbocycles. The zero-order chi connectivity index (χ0) is 18.2. The van der Waals surface area contributed by atoms with Gasteiger partial charge in [-0.2, -0.15) is 5.26 Å². The number of nitrogens with zero attached hydrogens (tertiary/aromatic N) is 3. The lowest BCUT2D eigenvalue weighted by atomic mass is 9.99. The molecular formula is C18H15FN4O2. The molecule has 0 saturated heterocycles. The Morgan fingerprint density at radius 1 is 1.32 bits per heavy atom. The van der Waals surface area contributed by atoms with E-state index >= 15 is 0 Å². The van der Waals surface area contributed by atoms with Gasteiger partial charge in [0.25, 0.3) is 5.82 Å². The van der Waals surface area contributed by atoms with Crippen LogP contribution in [-0.2, 0) is 4.79 Å². The van der Waals surface area contributed by atoms with Gasteiger partial charge in [0.05, 0.1) is 12.1 Å². The van der Waals surface area contributed by atoms with Crippen LogP contribution in [0.2, 0.25) is 0 Å². The number of alkyl halides is 1. The first-order chi connectivity index (χ1) is 12.1. The van der Waals surface area contributed by atoms with E-state index in [1.165, 1.54) is 0 Å². The predicted molar refractivity (Wildman–Crippen MR) is 89.0 cm³/mol. The standard InChI is InChI=1S/C18H15FN4O2/c1-21-16-7-6-14(11-22-16)12-2-4-13(5-3-12)18(25)15(10-19)23-17(24)8-9-20/h2-7,11,15,18,25H,8,10H2,(H,23,24)/t15-,18-/m1/s1. The fourth-order valence-corrected chi connectivity index (χ4v) is 2.26. The van der Waals surface area contributed by atoms with E-state index in [0.717, 1.165) is 11.1 Å². The summed E-state index contributed by atoms with van der Waals surface area (Å²) in [6.07, 6.45) is -0.0505. The number of aliphatic hydroxyl groups is 1. The third-order valence-corrected chi connectivity index (χ3v) is 3.58. The molecule has 1 aromatic carbocycles. The Hall–Kier alpha value is -3.29. The van der Waals surface area contributed by atoms with Gasteiger partial charge in [-0.15, -0.1) is 4.98 Å². The molecule has 0 saturated carbocycles. The fourth-order valence-electron chi connectivity index (χ4n) is 2.26. The van der Waals surface area contributed by atoms with Crippen molar-refractivity contribution in [2.45, 2.75) is 18.6 Å². The van der Waals surface area contributed by atoms with E-state index in [0.29, 0.717) is 11.4 Å². The number of aromatic nitrogens is 1. The van der Waals surface area contributed by atoms with Crippen LogP contribution in [0.25, 0.3) is 16.0 Å². The summed E-state index contributed by atoms with van der Waals surface area (Å²) in [7, 11) is 0. The molecule has 0 spiro atoms. The number of halogens is 1. The van der Waals surface area contributed by atoms with Crippen molar-refractivity contribution < 1.29 is 14.3 Å². The van der Waals surface area contributed by atoms with Crippen molar-refractivity contribution >= 4 is 11.7 Å². The van der Waals surface area contributed by atoms with Crippen LogP contribution in [-0.4, -0.2) is 28.7 Å². The lowest BCUT2D eigenvalue weighted by Crippen LogP contribution is -2.40. The molecule has 2 rings (SSSR count). The van der Waals surface area contributed by atoms with Gasteiger partial charge in [0.1, 0.15) is 25.4 Å². The first-order valence-electron chi connectivity index (χ1n) is 7.43. The van der Waals surface area contributed by atoms with Crippen LogP contribution in [0.5, 0.6) is 0 Å². The van der Waals surface area contributed by atoms with Crippen LogP contribution in [0.4, 0.5) is 10.2 Å². The molecular weight excluding hydrogens is 323 g/mol. The largest absolute Gasteiger partial charge is 0.386 e. The molecule has 2 aromatic rings. The lowest BCUT2D eigenvalue weighted by molar-refractivity contribution is -0.121. The Kier molecular flexibility index (Phi) is 6.16. The number of rotatable bonds is 6. The predicted octanol–water partition coefficient (Wildman–Crippen LogP) is 2.70. The molecule has 2 N–H and O–H groups in total. The lowest BCUT2D eigenvalue weighted by Gasteiger charge is -2.21. The highest BCUT2D eigenvalue weighted by Gasteiger charge is 2.22. The molecule has 1 heterocycles. The van der Waals surface area contributed by atoms with E-state index in [2.05, 4.69) is 15.1 Å². The number of amides is 1. The maximum atomic E-state index is 13.1. The van der Waals surface area contributed by atoms with Gasteiger partial charge in [-0.1, -0.05) is 36.9 Å². The summed E-state index contributed by atoms with van der Waals surface area (Å²) in [5.74, 6) is -0.332. The quantitative estimate of drug-likeness (QED) is 0.792. The zero-order valence-electron chi connectivity index (χ0n) is 13.2. The van der Waals surface area contributed by atoms with Crippen LogP contribution in [0.3, 0.4) is 0 Å². The summed E-state index contributed by atoms with van der Waals surface area (Å²) in [5.41, 5.74) is 2.07. The Labute approximate surface area is 144 Å². The molecule has 126 valence electrons. The first-order valence-corrected chi connectivity index (χ1v) is 7.43. The second kappa shape index (κ2) is 8.53. The molecule has 0 bridgehead atoms. The van der Waals surface area contributed by atoms with Crippen molar-refractivity contribution in [2.24, 2.45) is 0 Å². The van der Waals surface area contributed by atoms with Crippen LogP contribution in [0, 0.1) is 17.9 Å². The van der Waals surface area contributed by atoms with E-state index in [-0.39, 0.29) is 0 Å². The number of nitrogens with one attached hydrogen (secondary N) is 1. The van der Waals surface area contributed by atoms with Gasteiger partial charge in [0.15, 0.2) is 0 Å². The van der Waals surface area contributed by atoms with Crippen molar-refractivity contribution in [3.8, 4) is 17.2 Å². The van der Waals surface area contributed by atoms with Crippen molar-refractivity contribution in [2.75, 3.05) is 6.67 Å². The second-order valence-corrected chi connectivity index (χ2v) is 5.25. The van der Waals surface area contributed by atoms with Gasteiger partial charge in [0.2, 0.25) is 5.91 Å². The highest BCUT2D eigenvalue weighted by atomic mass is 19.1. The summed E-state index contributed by atoms with van der Waals surface area (Å²) in [4.78, 5) is 18.6. The molecule has 0 aliphatic heterocycles. The van der Waals surface area contributed by atoms with Gasteiger partial charge >= 0.3 is 0 Å². The molecule has 0 radical (unpaired) electrons. The molecule has 0 fully saturated rings. The van der Waals surface area contributed by atoms with Crippen LogP contribution < -0.4 is 5.32 Å². The third-order valence-electron chi connectivity index (χ3n) is 3.58. The normalized spacial score (nSPS) is 12.5. The number of carbonyl (C=O) groups excluding carboxylic acids is 1. The molecule has 6 nitrogen and oxygen atoms in total. The summed E-state index contributed by atoms with van der Waals surface area (Å²) in [6, 6.07) is 10.6. The van der Waals surface area contributed by atoms with Gasteiger partial charge in [-0.25, -0.2) is 4.39 Å². The summed E-state index contributed by atoms with van der Waals surface area (Å²) >= 11 is 0. The number of pyridine rings is 1. The smallest absolute Gasteiger partial charge is 0.269 e. The fraction of sp³-hybridized carbons (Fsp3) is 0.222. The SMILES string of the molecule is [C-]#[N+]c1ccc(-c2ccc([C@@H](O)[C@@H](CF)NC(=O)CC#N)cc2)cn1. The maximum Gasteiger partial charge on any atom is 0.269 e. The Balaban J connectivity index is 2.13. The number of hydrogen-bond acceptors (Lipinski definition) is 4. The highest BCUT2D eigenvalue weighted by molar-refractivity contribution is 5.78. The zero-order valence-corrected chi connectivity index (χ0v) is 13.2. The molecule has 0 aliphatic rings. The number of nitriles is 1. The summed E-state index contributed by atoms with van der Waals surface area (Å²) in [6.45, 7) is 5.93. The first kappa shape index (κ1) is 18.1. The molecule has 25 heavy (non-hydrogen) atoms. The molecule has 0 unspecified atom stereocenters. The van der Waals surface area contributed by atoms with E-state index in [1.54, 1.807) is 48.7 Å². The molecule has 1 amide bonds. The van der Waals surface area contributed by atoms with Crippen LogP contribution >= 0.6 is 0 Å². The minimum absolute atomic E-state index is 0.301. The summed E-state index contributed by atoms with van der Waals surface area (Å²) in [5, 5.41) is 21.0. The van der Waals surface area contributed by atoms with Crippen LogP contribution in [0.1, 0.15) is 18.1 Å². The Morgan fingerprint density at radius 3 is 2.52 bits per heavy atom. The van der Waals surface area contributed by atoms with Crippen LogP contribution in [0.15, 0.2) is 42.6 Å². The molecule has 2 atom stereocenters. The van der Waals surface area contributed by atoms with Gasteiger partial charge in [-0.3, -0.25) is 4.79 Å². The summed E-state index contributed by atoms with van der Waals surface area (Å²) < 4.78 is 13.1. The van der Waals surface area contributed by atoms with E-state index in [4.69, 9.17) is 11.8 Å². The van der Waals surface area contributed by atoms with Gasteiger partial charge in [-0.05, 0) is 17.2 Å². The minimum atomic E-state index is -1.23. The van der Waals surface area contributed by atoms with E-state index < -0.39 is 31.1 Å². The third kappa shape index (κ3) is 4.60. The van der Waals surface area contributed by atoms with E-state index in [9.17, 15) is 14.3 Å². The Bertz CT molecular complexity index is 807. The average molecular weight is 338 g/mol. The number of carbonyl (C=O) groups is 1. The number of benzene rings is 1.